The standard InChI is InChI=1S/C29H37ClN2O5S/c1-3-5-19-37-28(36)23-22-14-15-29(38-22)24(23)26(34)32(17-8-6-7-9-18-33)25(29)27(35)31(16-4-2)21-12-10-20(30)11-13-21/h3-4,10-13,22-25,33H,1-2,5-9,14-19H2/t22-,23+,24+,25?,29?/m1/s1. The van der Waals surface area contributed by atoms with Gasteiger partial charge in [0, 0.05) is 35.7 Å². The smallest absolute Gasteiger partial charge is 0.310 e. The predicted molar refractivity (Wildman–Crippen MR) is 151 cm³/mol. The predicted octanol–water partition coefficient (Wildman–Crippen LogP) is 4.62. The van der Waals surface area contributed by atoms with E-state index in [2.05, 4.69) is 13.2 Å². The van der Waals surface area contributed by atoms with Crippen LogP contribution in [0.2, 0.25) is 5.02 Å². The summed E-state index contributed by atoms with van der Waals surface area (Å²) in [6, 6.07) is 6.40. The first kappa shape index (κ1) is 28.7. The van der Waals surface area contributed by atoms with Gasteiger partial charge in [-0.1, -0.05) is 36.6 Å². The van der Waals surface area contributed by atoms with Gasteiger partial charge in [0.25, 0.3) is 5.91 Å². The number of fused-ring (bicyclic) bond motifs is 1. The first-order chi connectivity index (χ1) is 18.4. The number of carbonyl (C=O) groups is 3. The van der Waals surface area contributed by atoms with Gasteiger partial charge in [-0.05, 0) is 56.4 Å². The summed E-state index contributed by atoms with van der Waals surface area (Å²) in [6.45, 7) is 8.64. The lowest BCUT2D eigenvalue weighted by Crippen LogP contribution is -2.55. The van der Waals surface area contributed by atoms with Crippen LogP contribution in [0.1, 0.15) is 44.9 Å². The topological polar surface area (TPSA) is 87.1 Å². The Hall–Kier alpha value is -2.29. The van der Waals surface area contributed by atoms with E-state index in [1.807, 2.05) is 0 Å². The lowest BCUT2D eigenvalue weighted by Gasteiger charge is -2.37. The third-order valence-corrected chi connectivity index (χ3v) is 10.1. The minimum Gasteiger partial charge on any atom is -0.465 e. The monoisotopic (exact) mass is 560 g/mol. The summed E-state index contributed by atoms with van der Waals surface area (Å²) in [5, 5.41) is 9.66. The van der Waals surface area contributed by atoms with Crippen LogP contribution < -0.4 is 4.90 Å². The number of benzene rings is 1. The van der Waals surface area contributed by atoms with Crippen molar-refractivity contribution in [2.24, 2.45) is 11.8 Å². The van der Waals surface area contributed by atoms with Crippen LogP contribution in [-0.4, -0.2) is 70.1 Å². The van der Waals surface area contributed by atoms with Crippen LogP contribution in [0.5, 0.6) is 0 Å². The first-order valence-corrected chi connectivity index (χ1v) is 14.7. The average molecular weight is 561 g/mol. The third kappa shape index (κ3) is 5.40. The van der Waals surface area contributed by atoms with E-state index < -0.39 is 22.6 Å². The Balaban J connectivity index is 1.67. The maximum atomic E-state index is 14.4. The Morgan fingerprint density at radius 2 is 1.92 bits per heavy atom. The highest BCUT2D eigenvalue weighted by Crippen LogP contribution is 2.66. The zero-order chi connectivity index (χ0) is 27.3. The SMILES string of the molecule is C=CCCOC(=O)[C@@H]1[C@H]2C(=O)N(CCCCCCO)C(C(=O)N(CC=C)c3ccc(Cl)cc3)C23CC[C@H]1S3. The molecule has 3 fully saturated rings. The summed E-state index contributed by atoms with van der Waals surface area (Å²) in [5.74, 6) is -1.76. The molecule has 5 atom stereocenters. The van der Waals surface area contributed by atoms with Gasteiger partial charge in [0.1, 0.15) is 6.04 Å². The molecule has 38 heavy (non-hydrogen) atoms. The van der Waals surface area contributed by atoms with Gasteiger partial charge in [-0.3, -0.25) is 14.4 Å². The van der Waals surface area contributed by atoms with Crippen LogP contribution in [0.25, 0.3) is 0 Å². The second-order valence-corrected chi connectivity index (χ2v) is 12.2. The number of carbonyl (C=O) groups excluding carboxylic acids is 3. The van der Waals surface area contributed by atoms with E-state index in [9.17, 15) is 14.4 Å². The highest BCUT2D eigenvalue weighted by atomic mass is 35.5. The molecule has 3 aliphatic heterocycles. The largest absolute Gasteiger partial charge is 0.465 e. The van der Waals surface area contributed by atoms with E-state index in [1.165, 1.54) is 0 Å². The van der Waals surface area contributed by atoms with Crippen molar-refractivity contribution in [2.45, 2.75) is 61.0 Å². The molecular formula is C29H37ClN2O5S. The number of likely N-dealkylation sites (tertiary alicyclic amines) is 1. The number of unbranched alkanes of at least 4 members (excludes halogenated alkanes) is 3. The molecule has 1 aromatic rings. The molecule has 1 spiro atoms. The van der Waals surface area contributed by atoms with E-state index in [1.54, 1.807) is 58.0 Å². The normalized spacial score (nSPS) is 27.3. The van der Waals surface area contributed by atoms with Gasteiger partial charge in [0.05, 0.1) is 23.2 Å². The fraction of sp³-hybridized carbons (Fsp3) is 0.552. The molecule has 206 valence electrons. The minimum atomic E-state index is -0.686. The van der Waals surface area contributed by atoms with E-state index in [0.29, 0.717) is 36.5 Å². The van der Waals surface area contributed by atoms with Crippen molar-refractivity contribution in [3.8, 4) is 0 Å². The molecule has 2 unspecified atom stereocenters. The van der Waals surface area contributed by atoms with Crippen molar-refractivity contribution in [1.29, 1.82) is 0 Å². The van der Waals surface area contributed by atoms with E-state index >= 15 is 0 Å². The number of esters is 1. The molecule has 1 aromatic carbocycles. The third-order valence-electron chi connectivity index (χ3n) is 7.90. The summed E-state index contributed by atoms with van der Waals surface area (Å²) in [4.78, 5) is 45.1. The van der Waals surface area contributed by atoms with Crippen molar-refractivity contribution < 1.29 is 24.2 Å². The average Bonchev–Trinajstić information content (AvgIpc) is 3.55. The van der Waals surface area contributed by atoms with Gasteiger partial charge in [0.2, 0.25) is 5.91 Å². The van der Waals surface area contributed by atoms with Crippen LogP contribution in [0, 0.1) is 11.8 Å². The fourth-order valence-corrected chi connectivity index (χ4v) is 8.57. The molecule has 1 N–H and O–H groups in total. The molecule has 0 saturated carbocycles. The number of hydrogen-bond donors (Lipinski definition) is 1. The van der Waals surface area contributed by atoms with Gasteiger partial charge in [-0.15, -0.1) is 24.9 Å². The van der Waals surface area contributed by atoms with E-state index in [4.69, 9.17) is 21.4 Å². The Kier molecular flexibility index (Phi) is 9.60. The number of ether oxygens (including phenoxy) is 1. The molecule has 2 bridgehead atoms. The number of hydrogen-bond acceptors (Lipinski definition) is 6. The van der Waals surface area contributed by atoms with Crippen LogP contribution in [0.3, 0.4) is 0 Å². The van der Waals surface area contributed by atoms with E-state index in [-0.39, 0.29) is 42.8 Å². The van der Waals surface area contributed by atoms with Crippen molar-refractivity contribution in [3.05, 3.63) is 54.6 Å². The van der Waals surface area contributed by atoms with Gasteiger partial charge in [0.15, 0.2) is 0 Å². The number of aliphatic hydroxyl groups is 1. The molecule has 0 radical (unpaired) electrons. The number of amides is 2. The number of halogens is 1. The zero-order valence-electron chi connectivity index (χ0n) is 21.7. The zero-order valence-corrected chi connectivity index (χ0v) is 23.3. The summed E-state index contributed by atoms with van der Waals surface area (Å²) in [5.41, 5.74) is 0.687. The van der Waals surface area contributed by atoms with Gasteiger partial charge in [-0.25, -0.2) is 0 Å². The molecular weight excluding hydrogens is 524 g/mol. The molecule has 3 aliphatic rings. The number of rotatable bonds is 14. The second-order valence-electron chi connectivity index (χ2n) is 10.2. The Bertz CT molecular complexity index is 1050. The maximum Gasteiger partial charge on any atom is 0.310 e. The number of aliphatic hydroxyl groups excluding tert-OH is 1. The molecule has 0 aromatic heterocycles. The maximum absolute atomic E-state index is 14.4. The molecule has 7 nitrogen and oxygen atoms in total. The number of thioether (sulfide) groups is 1. The van der Waals surface area contributed by atoms with Crippen molar-refractivity contribution in [1.82, 2.24) is 4.90 Å². The summed E-state index contributed by atoms with van der Waals surface area (Å²) in [7, 11) is 0. The Labute approximate surface area is 234 Å². The molecule has 0 aliphatic carbocycles. The number of anilines is 1. The summed E-state index contributed by atoms with van der Waals surface area (Å²) in [6.07, 6.45) is 8.54. The molecule has 3 saturated heterocycles. The first-order valence-electron chi connectivity index (χ1n) is 13.4. The quantitative estimate of drug-likeness (QED) is 0.203. The second kappa shape index (κ2) is 12.7. The minimum absolute atomic E-state index is 0.0365. The van der Waals surface area contributed by atoms with Gasteiger partial charge < -0.3 is 19.6 Å². The van der Waals surface area contributed by atoms with Gasteiger partial charge >= 0.3 is 5.97 Å². The molecule has 3 heterocycles. The summed E-state index contributed by atoms with van der Waals surface area (Å²) < 4.78 is 4.89. The summed E-state index contributed by atoms with van der Waals surface area (Å²) >= 11 is 7.74. The number of nitrogens with zero attached hydrogens (tertiary/aromatic N) is 2. The highest BCUT2D eigenvalue weighted by molar-refractivity contribution is 8.02. The van der Waals surface area contributed by atoms with Gasteiger partial charge in [-0.2, -0.15) is 0 Å². The molecule has 2 amide bonds. The van der Waals surface area contributed by atoms with Crippen LogP contribution in [-0.2, 0) is 19.1 Å². The van der Waals surface area contributed by atoms with Crippen LogP contribution in [0.4, 0.5) is 5.69 Å². The Morgan fingerprint density at radius 1 is 1.18 bits per heavy atom. The molecule has 4 rings (SSSR count). The van der Waals surface area contributed by atoms with Crippen molar-refractivity contribution in [3.63, 3.8) is 0 Å². The Morgan fingerprint density at radius 3 is 2.61 bits per heavy atom. The van der Waals surface area contributed by atoms with Crippen LogP contribution >= 0.6 is 23.4 Å². The molecule has 9 heteroatoms. The van der Waals surface area contributed by atoms with Crippen LogP contribution in [0.15, 0.2) is 49.6 Å². The van der Waals surface area contributed by atoms with E-state index in [0.717, 1.165) is 25.7 Å². The fourth-order valence-electron chi connectivity index (χ4n) is 6.25. The highest BCUT2D eigenvalue weighted by Gasteiger charge is 2.74. The van der Waals surface area contributed by atoms with Crippen molar-refractivity contribution >= 4 is 46.8 Å². The lowest BCUT2D eigenvalue weighted by atomic mass is 9.71. The van der Waals surface area contributed by atoms with Crippen molar-refractivity contribution in [2.75, 3.05) is 31.2 Å². The lowest BCUT2D eigenvalue weighted by molar-refractivity contribution is -0.154.